The van der Waals surface area contributed by atoms with E-state index in [0.29, 0.717) is 12.1 Å². The molecule has 3 heterocycles. The topological polar surface area (TPSA) is 38.8 Å². The molecule has 0 unspecified atom stereocenters. The second kappa shape index (κ2) is 5.71. The van der Waals surface area contributed by atoms with Crippen molar-refractivity contribution >= 4 is 22.3 Å². The number of hydrogen-bond acceptors (Lipinski definition) is 4. The highest BCUT2D eigenvalue weighted by Gasteiger charge is 2.61. The van der Waals surface area contributed by atoms with Gasteiger partial charge in [-0.1, -0.05) is 30.7 Å². The van der Waals surface area contributed by atoms with Gasteiger partial charge in [0.2, 0.25) is 0 Å². The summed E-state index contributed by atoms with van der Waals surface area (Å²) in [6, 6.07) is 13.4. The summed E-state index contributed by atoms with van der Waals surface area (Å²) in [4.78, 5) is 14.9. The Morgan fingerprint density at radius 3 is 2.89 bits per heavy atom. The molecule has 4 heteroatoms. The number of carbonyl (C=O) groups excluding carboxylic acids is 1. The van der Waals surface area contributed by atoms with Gasteiger partial charge in [0.05, 0.1) is 13.2 Å². The molecule has 1 aliphatic carbocycles. The number of hydrogen-bond donors (Lipinski definition) is 0. The SMILES string of the molecule is COc1ccc2cc(C3=C[C@@H]4C[C@@]5(OC(=O)C=C35)[C@H]3CCCCN43)ccc2c1. The minimum Gasteiger partial charge on any atom is -0.497 e. The van der Waals surface area contributed by atoms with Crippen LogP contribution >= 0.6 is 0 Å². The minimum atomic E-state index is -0.443. The summed E-state index contributed by atoms with van der Waals surface area (Å²) < 4.78 is 11.4. The van der Waals surface area contributed by atoms with Gasteiger partial charge >= 0.3 is 5.97 Å². The smallest absolute Gasteiger partial charge is 0.332 e. The van der Waals surface area contributed by atoms with Gasteiger partial charge in [-0.05, 0) is 59.5 Å². The van der Waals surface area contributed by atoms with Gasteiger partial charge in [-0.25, -0.2) is 4.79 Å². The maximum atomic E-state index is 12.4. The lowest BCUT2D eigenvalue weighted by Gasteiger charge is -2.38. The summed E-state index contributed by atoms with van der Waals surface area (Å²) >= 11 is 0. The summed E-state index contributed by atoms with van der Waals surface area (Å²) in [5, 5.41) is 2.33. The maximum absolute atomic E-state index is 12.4. The van der Waals surface area contributed by atoms with Crippen molar-refractivity contribution in [3.05, 3.63) is 59.7 Å². The molecule has 0 aromatic heterocycles. The number of fused-ring (bicyclic) bond motifs is 4. The van der Waals surface area contributed by atoms with E-state index >= 15 is 0 Å². The predicted molar refractivity (Wildman–Crippen MR) is 108 cm³/mol. The van der Waals surface area contributed by atoms with Crippen molar-refractivity contribution in [3.8, 4) is 5.75 Å². The quantitative estimate of drug-likeness (QED) is 0.743. The summed E-state index contributed by atoms with van der Waals surface area (Å²) in [6.07, 6.45) is 8.59. The van der Waals surface area contributed by atoms with Crippen LogP contribution in [0.15, 0.2) is 54.1 Å². The third-order valence-electron chi connectivity index (χ3n) is 7.03. The van der Waals surface area contributed by atoms with Gasteiger partial charge in [0.25, 0.3) is 0 Å². The molecule has 0 amide bonds. The van der Waals surface area contributed by atoms with Gasteiger partial charge in [0.1, 0.15) is 5.75 Å². The van der Waals surface area contributed by atoms with Crippen molar-refractivity contribution in [3.63, 3.8) is 0 Å². The Morgan fingerprint density at radius 1 is 1.14 bits per heavy atom. The van der Waals surface area contributed by atoms with Gasteiger partial charge < -0.3 is 9.47 Å². The van der Waals surface area contributed by atoms with Crippen LogP contribution < -0.4 is 4.74 Å². The average molecular weight is 373 g/mol. The van der Waals surface area contributed by atoms with Crippen LogP contribution in [0.1, 0.15) is 31.2 Å². The number of esters is 1. The molecule has 2 fully saturated rings. The molecule has 0 N–H and O–H groups in total. The normalized spacial score (nSPS) is 31.1. The highest BCUT2D eigenvalue weighted by molar-refractivity contribution is 5.99. The van der Waals surface area contributed by atoms with Crippen LogP contribution in [-0.4, -0.2) is 42.2 Å². The Bertz CT molecular complexity index is 1070. The fraction of sp³-hybridized carbons (Fsp3) is 0.375. The second-order valence-corrected chi connectivity index (χ2v) is 8.40. The average Bonchev–Trinajstić information content (AvgIpc) is 3.21. The first kappa shape index (κ1) is 16.4. The first-order valence-electron chi connectivity index (χ1n) is 10.2. The third-order valence-corrected chi connectivity index (χ3v) is 7.03. The zero-order valence-electron chi connectivity index (χ0n) is 16.0. The Hall–Kier alpha value is -2.59. The van der Waals surface area contributed by atoms with Gasteiger partial charge in [0, 0.05) is 24.1 Å². The summed E-state index contributed by atoms with van der Waals surface area (Å²) in [7, 11) is 1.69. The van der Waals surface area contributed by atoms with Crippen LogP contribution in [0, 0.1) is 0 Å². The van der Waals surface area contributed by atoms with Crippen LogP contribution in [0.3, 0.4) is 0 Å². The molecule has 4 nitrogen and oxygen atoms in total. The van der Waals surface area contributed by atoms with Crippen molar-refractivity contribution in [1.29, 1.82) is 0 Å². The van der Waals surface area contributed by atoms with E-state index in [2.05, 4.69) is 41.3 Å². The molecule has 3 atom stereocenters. The highest BCUT2D eigenvalue weighted by Crippen LogP contribution is 2.55. The van der Waals surface area contributed by atoms with E-state index < -0.39 is 5.60 Å². The third kappa shape index (κ3) is 2.12. The number of rotatable bonds is 2. The largest absolute Gasteiger partial charge is 0.497 e. The molecule has 1 spiro atoms. The molecular weight excluding hydrogens is 350 g/mol. The fourth-order valence-electron chi connectivity index (χ4n) is 5.83. The van der Waals surface area contributed by atoms with E-state index in [-0.39, 0.29) is 5.97 Å². The molecule has 2 aromatic carbocycles. The second-order valence-electron chi connectivity index (χ2n) is 8.40. The Balaban J connectivity index is 1.49. The van der Waals surface area contributed by atoms with Gasteiger partial charge in [0.15, 0.2) is 5.60 Å². The van der Waals surface area contributed by atoms with Crippen LogP contribution in [-0.2, 0) is 9.53 Å². The summed E-state index contributed by atoms with van der Waals surface area (Å²) in [5.41, 5.74) is 2.99. The van der Waals surface area contributed by atoms with E-state index in [1.165, 1.54) is 23.8 Å². The monoisotopic (exact) mass is 373 g/mol. The molecule has 142 valence electrons. The highest BCUT2D eigenvalue weighted by atomic mass is 16.6. The first-order chi connectivity index (χ1) is 13.7. The summed E-state index contributed by atoms with van der Waals surface area (Å²) in [5.74, 6) is 0.683. The van der Waals surface area contributed by atoms with Gasteiger partial charge in [-0.15, -0.1) is 0 Å². The molecule has 2 saturated heterocycles. The van der Waals surface area contributed by atoms with Crippen molar-refractivity contribution < 1.29 is 14.3 Å². The van der Waals surface area contributed by atoms with Crippen molar-refractivity contribution in [2.75, 3.05) is 13.7 Å². The lowest BCUT2D eigenvalue weighted by Crippen LogP contribution is -2.48. The number of ether oxygens (including phenoxy) is 2. The molecule has 28 heavy (non-hydrogen) atoms. The lowest BCUT2D eigenvalue weighted by molar-refractivity contribution is -0.148. The summed E-state index contributed by atoms with van der Waals surface area (Å²) in [6.45, 7) is 1.10. The molecule has 6 rings (SSSR count). The number of methoxy groups -OCH3 is 1. The van der Waals surface area contributed by atoms with Crippen molar-refractivity contribution in [2.45, 2.75) is 43.4 Å². The van der Waals surface area contributed by atoms with E-state index in [1.54, 1.807) is 13.2 Å². The number of piperidine rings is 1. The predicted octanol–water partition coefficient (Wildman–Crippen LogP) is 4.09. The van der Waals surface area contributed by atoms with E-state index in [0.717, 1.165) is 41.7 Å². The lowest BCUT2D eigenvalue weighted by atomic mass is 9.75. The van der Waals surface area contributed by atoms with Crippen LogP contribution in [0.25, 0.3) is 16.3 Å². The van der Waals surface area contributed by atoms with E-state index in [4.69, 9.17) is 9.47 Å². The molecule has 4 aliphatic rings. The molecule has 2 aromatic rings. The van der Waals surface area contributed by atoms with Crippen LogP contribution in [0.2, 0.25) is 0 Å². The molecule has 0 radical (unpaired) electrons. The first-order valence-corrected chi connectivity index (χ1v) is 10.2. The zero-order chi connectivity index (χ0) is 18.9. The Morgan fingerprint density at radius 2 is 2.00 bits per heavy atom. The minimum absolute atomic E-state index is 0.181. The van der Waals surface area contributed by atoms with E-state index in [1.807, 2.05) is 6.07 Å². The Labute approximate surface area is 164 Å². The number of carbonyl (C=O) groups is 1. The molecular formula is C24H23NO3. The molecule has 0 saturated carbocycles. The maximum Gasteiger partial charge on any atom is 0.332 e. The Kier molecular flexibility index (Phi) is 3.34. The van der Waals surface area contributed by atoms with E-state index in [9.17, 15) is 4.79 Å². The molecule has 2 bridgehead atoms. The fourth-order valence-corrected chi connectivity index (χ4v) is 5.83. The molecule has 3 aliphatic heterocycles. The van der Waals surface area contributed by atoms with Crippen molar-refractivity contribution in [2.24, 2.45) is 0 Å². The number of nitrogens with zero attached hydrogens (tertiary/aromatic N) is 1. The van der Waals surface area contributed by atoms with Crippen LogP contribution in [0.4, 0.5) is 0 Å². The van der Waals surface area contributed by atoms with Gasteiger partial charge in [-0.3, -0.25) is 4.90 Å². The van der Waals surface area contributed by atoms with Gasteiger partial charge in [-0.2, -0.15) is 0 Å². The van der Waals surface area contributed by atoms with Crippen molar-refractivity contribution in [1.82, 2.24) is 4.90 Å². The zero-order valence-corrected chi connectivity index (χ0v) is 16.0. The van der Waals surface area contributed by atoms with Crippen LogP contribution in [0.5, 0.6) is 5.75 Å². The standard InChI is InChI=1S/C24H23NO3/c1-27-19-8-7-15-10-17(6-5-16(15)11-19)20-12-18-14-24(21(20)13-23(26)28-24)22-4-2-3-9-25(18)22/h5-8,10-13,18,22H,2-4,9,14H2,1H3/t18-,22-,24+/m1/s1. The number of benzene rings is 2.